The molecular formula is C23H34N2O5. The molecule has 2 saturated carbocycles. The van der Waals surface area contributed by atoms with Gasteiger partial charge in [0.1, 0.15) is 0 Å². The first-order chi connectivity index (χ1) is 14.6. The van der Waals surface area contributed by atoms with E-state index in [1.807, 2.05) is 18.2 Å². The standard InChI is InChI=1S/C23H34N2O5/c1-27-22(26)18-12-19(13-18)24-25-21-10-9-17(11-20(21)23(28-2)29-3)15-30-14-16-7-5-4-6-8-16/h4-8,17-20,23-24H,9-15H2,1-3H3/b25-21+/t17?,18-,19+,20?. The molecule has 0 amide bonds. The van der Waals surface area contributed by atoms with Crippen LogP contribution < -0.4 is 5.43 Å². The lowest BCUT2D eigenvalue weighted by Gasteiger charge is -2.36. The zero-order valence-corrected chi connectivity index (χ0v) is 18.2. The van der Waals surface area contributed by atoms with Gasteiger partial charge in [0.15, 0.2) is 6.29 Å². The average Bonchev–Trinajstić information content (AvgIpc) is 2.75. The van der Waals surface area contributed by atoms with E-state index >= 15 is 0 Å². The van der Waals surface area contributed by atoms with Gasteiger partial charge in [-0.15, -0.1) is 0 Å². The number of carbonyl (C=O) groups excluding carboxylic acids is 1. The minimum atomic E-state index is -0.327. The molecule has 2 atom stereocenters. The number of rotatable bonds is 10. The third-order valence-electron chi connectivity index (χ3n) is 6.15. The Kier molecular flexibility index (Phi) is 8.66. The SMILES string of the molecule is COC(=O)[C@H]1C[C@@H](N/N=C2\CCC(COCc3ccccc3)CC2C(OC)OC)C1. The second-order valence-corrected chi connectivity index (χ2v) is 8.21. The smallest absolute Gasteiger partial charge is 0.308 e. The van der Waals surface area contributed by atoms with Crippen LogP contribution in [0.2, 0.25) is 0 Å². The van der Waals surface area contributed by atoms with Crippen molar-refractivity contribution in [3.63, 3.8) is 0 Å². The first-order valence-corrected chi connectivity index (χ1v) is 10.7. The predicted octanol–water partition coefficient (Wildman–Crippen LogP) is 3.14. The van der Waals surface area contributed by atoms with Crippen LogP contribution in [0.25, 0.3) is 0 Å². The summed E-state index contributed by atoms with van der Waals surface area (Å²) in [6, 6.07) is 10.5. The van der Waals surface area contributed by atoms with Crippen molar-refractivity contribution in [2.45, 2.75) is 51.0 Å². The van der Waals surface area contributed by atoms with Crippen molar-refractivity contribution >= 4 is 11.7 Å². The maximum Gasteiger partial charge on any atom is 0.308 e. The Bertz CT molecular complexity index is 686. The van der Waals surface area contributed by atoms with E-state index < -0.39 is 0 Å². The number of ether oxygens (including phenoxy) is 4. The largest absolute Gasteiger partial charge is 0.469 e. The summed E-state index contributed by atoms with van der Waals surface area (Å²) in [4.78, 5) is 11.5. The van der Waals surface area contributed by atoms with Gasteiger partial charge in [-0.25, -0.2) is 0 Å². The lowest BCUT2D eigenvalue weighted by Crippen LogP contribution is -2.44. The topological polar surface area (TPSA) is 78.4 Å². The van der Waals surface area contributed by atoms with E-state index in [0.29, 0.717) is 12.5 Å². The van der Waals surface area contributed by atoms with Crippen LogP contribution in [0.1, 0.15) is 37.7 Å². The lowest BCUT2D eigenvalue weighted by atomic mass is 9.79. The zero-order valence-electron chi connectivity index (χ0n) is 18.2. The highest BCUT2D eigenvalue weighted by Crippen LogP contribution is 2.32. The van der Waals surface area contributed by atoms with E-state index in [9.17, 15) is 4.79 Å². The molecule has 1 aromatic carbocycles. The molecule has 2 aliphatic rings. The molecule has 3 rings (SSSR count). The molecule has 166 valence electrons. The minimum absolute atomic E-state index is 0.00769. The molecule has 0 saturated heterocycles. The van der Waals surface area contributed by atoms with Gasteiger partial charge in [0.05, 0.1) is 25.6 Å². The summed E-state index contributed by atoms with van der Waals surface area (Å²) < 4.78 is 21.9. The van der Waals surface area contributed by atoms with E-state index in [0.717, 1.165) is 44.4 Å². The van der Waals surface area contributed by atoms with Gasteiger partial charge in [0.2, 0.25) is 0 Å². The quantitative estimate of drug-likeness (QED) is 0.357. The number of methoxy groups -OCH3 is 3. The molecule has 1 N–H and O–H groups in total. The summed E-state index contributed by atoms with van der Waals surface area (Å²) >= 11 is 0. The maximum atomic E-state index is 11.5. The molecule has 2 fully saturated rings. The molecule has 2 aliphatic carbocycles. The van der Waals surface area contributed by atoms with Crippen LogP contribution in [0.3, 0.4) is 0 Å². The Hall–Kier alpha value is -1.96. The van der Waals surface area contributed by atoms with E-state index in [2.05, 4.69) is 17.6 Å². The molecular weight excluding hydrogens is 384 g/mol. The molecule has 30 heavy (non-hydrogen) atoms. The molecule has 0 radical (unpaired) electrons. The van der Waals surface area contributed by atoms with Gasteiger partial charge in [0, 0.05) is 32.6 Å². The molecule has 7 heteroatoms. The number of nitrogens with one attached hydrogen (secondary N) is 1. The van der Waals surface area contributed by atoms with Crippen LogP contribution in [-0.2, 0) is 30.3 Å². The minimum Gasteiger partial charge on any atom is -0.469 e. The van der Waals surface area contributed by atoms with Crippen molar-refractivity contribution in [1.82, 2.24) is 5.43 Å². The third-order valence-corrected chi connectivity index (χ3v) is 6.15. The number of esters is 1. The van der Waals surface area contributed by atoms with Gasteiger partial charge >= 0.3 is 5.97 Å². The highest BCUT2D eigenvalue weighted by Gasteiger charge is 2.37. The Morgan fingerprint density at radius 2 is 1.87 bits per heavy atom. The van der Waals surface area contributed by atoms with Crippen molar-refractivity contribution < 1.29 is 23.7 Å². The molecule has 0 heterocycles. The fraction of sp³-hybridized carbons (Fsp3) is 0.652. The van der Waals surface area contributed by atoms with E-state index in [-0.39, 0.29) is 30.1 Å². The van der Waals surface area contributed by atoms with Crippen LogP contribution >= 0.6 is 0 Å². The van der Waals surface area contributed by atoms with Crippen molar-refractivity contribution in [2.24, 2.45) is 22.9 Å². The van der Waals surface area contributed by atoms with Gasteiger partial charge in [-0.05, 0) is 43.6 Å². The van der Waals surface area contributed by atoms with Gasteiger partial charge in [-0.2, -0.15) is 5.10 Å². The number of carbonyl (C=O) groups is 1. The predicted molar refractivity (Wildman–Crippen MR) is 114 cm³/mol. The Labute approximate surface area is 179 Å². The Morgan fingerprint density at radius 3 is 2.53 bits per heavy atom. The van der Waals surface area contributed by atoms with E-state index in [1.165, 1.54) is 12.7 Å². The number of hydrazone groups is 1. The van der Waals surface area contributed by atoms with Crippen molar-refractivity contribution in [3.8, 4) is 0 Å². The average molecular weight is 419 g/mol. The highest BCUT2D eigenvalue weighted by molar-refractivity contribution is 5.87. The summed E-state index contributed by atoms with van der Waals surface area (Å²) in [5, 5.41) is 4.70. The first-order valence-electron chi connectivity index (χ1n) is 10.7. The van der Waals surface area contributed by atoms with Crippen molar-refractivity contribution in [3.05, 3.63) is 35.9 Å². The number of benzene rings is 1. The number of hydrogen-bond acceptors (Lipinski definition) is 7. The molecule has 0 aromatic heterocycles. The normalized spacial score (nSPS) is 27.7. The maximum absolute atomic E-state index is 11.5. The van der Waals surface area contributed by atoms with Crippen LogP contribution in [0, 0.1) is 17.8 Å². The molecule has 0 aliphatic heterocycles. The molecule has 0 bridgehead atoms. The van der Waals surface area contributed by atoms with E-state index in [4.69, 9.17) is 24.0 Å². The zero-order chi connectivity index (χ0) is 21.3. The second kappa shape index (κ2) is 11.4. The summed E-state index contributed by atoms with van der Waals surface area (Å²) in [5.74, 6) is 0.390. The van der Waals surface area contributed by atoms with Crippen LogP contribution in [0.5, 0.6) is 0 Å². The summed E-state index contributed by atoms with van der Waals surface area (Å²) in [6.07, 6.45) is 4.03. The molecule has 0 spiro atoms. The third kappa shape index (κ3) is 6.03. The van der Waals surface area contributed by atoms with Crippen molar-refractivity contribution in [2.75, 3.05) is 27.9 Å². The number of nitrogens with zero attached hydrogens (tertiary/aromatic N) is 1. The van der Waals surface area contributed by atoms with Crippen molar-refractivity contribution in [1.29, 1.82) is 0 Å². The second-order valence-electron chi connectivity index (χ2n) is 8.21. The molecule has 2 unspecified atom stereocenters. The molecule has 1 aromatic rings. The van der Waals surface area contributed by atoms with Crippen LogP contribution in [0.15, 0.2) is 35.4 Å². The monoisotopic (exact) mass is 418 g/mol. The van der Waals surface area contributed by atoms with Crippen LogP contribution in [-0.4, -0.2) is 51.9 Å². The lowest BCUT2D eigenvalue weighted by molar-refractivity contribution is -0.149. The Balaban J connectivity index is 1.51. The van der Waals surface area contributed by atoms with E-state index in [1.54, 1.807) is 14.2 Å². The van der Waals surface area contributed by atoms with Gasteiger partial charge in [-0.1, -0.05) is 30.3 Å². The summed E-state index contributed by atoms with van der Waals surface area (Å²) in [6.45, 7) is 1.35. The van der Waals surface area contributed by atoms with Gasteiger partial charge in [0.25, 0.3) is 0 Å². The fourth-order valence-electron chi connectivity index (χ4n) is 4.31. The number of hydrogen-bond donors (Lipinski definition) is 1. The highest BCUT2D eigenvalue weighted by atomic mass is 16.7. The fourth-order valence-corrected chi connectivity index (χ4v) is 4.31. The van der Waals surface area contributed by atoms with Gasteiger partial charge < -0.3 is 24.4 Å². The Morgan fingerprint density at radius 1 is 1.13 bits per heavy atom. The molecule has 7 nitrogen and oxygen atoms in total. The summed E-state index contributed by atoms with van der Waals surface area (Å²) in [5.41, 5.74) is 5.51. The van der Waals surface area contributed by atoms with Crippen LogP contribution in [0.4, 0.5) is 0 Å². The van der Waals surface area contributed by atoms with Gasteiger partial charge in [-0.3, -0.25) is 4.79 Å². The summed E-state index contributed by atoms with van der Waals surface area (Å²) in [7, 11) is 4.77. The first kappa shape index (κ1) is 22.7.